The summed E-state index contributed by atoms with van der Waals surface area (Å²) in [7, 11) is 0. The van der Waals surface area contributed by atoms with Gasteiger partial charge in [0.1, 0.15) is 11.6 Å². The third-order valence-electron chi connectivity index (χ3n) is 3.70. The van der Waals surface area contributed by atoms with Crippen LogP contribution in [-0.2, 0) is 0 Å². The second-order valence-electron chi connectivity index (χ2n) is 5.94. The molecule has 0 bridgehead atoms. The fourth-order valence-electron chi connectivity index (χ4n) is 2.41. The number of benzene rings is 1. The normalized spacial score (nSPS) is 21.0. The molecule has 7 heteroatoms. The Kier molecular flexibility index (Phi) is 3.41. The first-order valence-electron chi connectivity index (χ1n) is 6.58. The van der Waals surface area contributed by atoms with Gasteiger partial charge in [-0.05, 0) is 12.1 Å². The molecule has 4 nitrogen and oxygen atoms in total. The van der Waals surface area contributed by atoms with Gasteiger partial charge >= 0.3 is 0 Å². The Morgan fingerprint density at radius 1 is 1.29 bits per heavy atom. The van der Waals surface area contributed by atoms with Crippen molar-refractivity contribution in [1.29, 1.82) is 0 Å². The lowest BCUT2D eigenvalue weighted by Crippen LogP contribution is -2.26. The van der Waals surface area contributed by atoms with Gasteiger partial charge in [-0.1, -0.05) is 13.8 Å². The maximum atomic E-state index is 13.2. The molecular formula is C14H15F2N3OS. The average Bonchev–Trinajstić information content (AvgIpc) is 2.94. The average molecular weight is 311 g/mol. The summed E-state index contributed by atoms with van der Waals surface area (Å²) in [5, 5.41) is 10.7. The van der Waals surface area contributed by atoms with E-state index in [2.05, 4.69) is 9.36 Å². The van der Waals surface area contributed by atoms with Crippen LogP contribution in [0.2, 0.25) is 0 Å². The van der Waals surface area contributed by atoms with Crippen molar-refractivity contribution in [2.45, 2.75) is 20.0 Å². The first kappa shape index (κ1) is 14.3. The van der Waals surface area contributed by atoms with E-state index in [-0.39, 0.29) is 5.41 Å². The standard InChI is InChI=1S/C14H15F2N3OS/c1-14(2)7-19(6-11(14)20)13-17-12(18-21-13)8-3-9(15)5-10(16)4-8/h3-5,11,20H,6-7H2,1-2H3. The van der Waals surface area contributed by atoms with Gasteiger partial charge < -0.3 is 10.0 Å². The zero-order chi connectivity index (χ0) is 15.2. The zero-order valence-corrected chi connectivity index (χ0v) is 12.5. The summed E-state index contributed by atoms with van der Waals surface area (Å²) in [5.74, 6) is -1.01. The maximum absolute atomic E-state index is 13.2. The van der Waals surface area contributed by atoms with E-state index < -0.39 is 17.7 Å². The van der Waals surface area contributed by atoms with E-state index >= 15 is 0 Å². The number of nitrogens with zero attached hydrogens (tertiary/aromatic N) is 3. The minimum absolute atomic E-state index is 0.212. The minimum atomic E-state index is -0.654. The van der Waals surface area contributed by atoms with Crippen molar-refractivity contribution in [2.24, 2.45) is 5.41 Å². The second-order valence-corrected chi connectivity index (χ2v) is 6.67. The molecule has 2 heterocycles. The second kappa shape index (κ2) is 4.99. The van der Waals surface area contributed by atoms with Gasteiger partial charge in [0.2, 0.25) is 5.13 Å². The Morgan fingerprint density at radius 2 is 1.95 bits per heavy atom. The molecule has 1 aromatic carbocycles. The Balaban J connectivity index is 1.87. The quantitative estimate of drug-likeness (QED) is 0.926. The minimum Gasteiger partial charge on any atom is -0.391 e. The van der Waals surface area contributed by atoms with Crippen LogP contribution in [0.15, 0.2) is 18.2 Å². The van der Waals surface area contributed by atoms with E-state index in [4.69, 9.17) is 0 Å². The largest absolute Gasteiger partial charge is 0.391 e. The molecule has 21 heavy (non-hydrogen) atoms. The zero-order valence-electron chi connectivity index (χ0n) is 11.7. The van der Waals surface area contributed by atoms with Gasteiger partial charge in [0.05, 0.1) is 6.10 Å². The van der Waals surface area contributed by atoms with Crippen LogP contribution in [0.25, 0.3) is 11.4 Å². The predicted molar refractivity (Wildman–Crippen MR) is 77.3 cm³/mol. The number of hydrogen-bond acceptors (Lipinski definition) is 5. The molecule has 1 aliphatic rings. The van der Waals surface area contributed by atoms with Crippen LogP contribution >= 0.6 is 11.5 Å². The molecule has 3 rings (SSSR count). The SMILES string of the molecule is CC1(C)CN(c2nc(-c3cc(F)cc(F)c3)ns2)CC1O. The summed E-state index contributed by atoms with van der Waals surface area (Å²) in [5.41, 5.74) is 0.102. The van der Waals surface area contributed by atoms with E-state index in [1.54, 1.807) is 0 Å². The predicted octanol–water partition coefficient (Wildman–Crippen LogP) is 2.69. The van der Waals surface area contributed by atoms with Gasteiger partial charge in [0.15, 0.2) is 5.82 Å². The summed E-state index contributed by atoms with van der Waals surface area (Å²) < 4.78 is 30.6. The molecule has 0 spiro atoms. The van der Waals surface area contributed by atoms with Crippen LogP contribution in [0.1, 0.15) is 13.8 Å². The number of aliphatic hydroxyl groups excluding tert-OH is 1. The Morgan fingerprint density at radius 3 is 2.52 bits per heavy atom. The monoisotopic (exact) mass is 311 g/mol. The van der Waals surface area contributed by atoms with Gasteiger partial charge in [-0.25, -0.2) is 8.78 Å². The first-order chi connectivity index (χ1) is 9.85. The van der Waals surface area contributed by atoms with E-state index in [1.165, 1.54) is 12.1 Å². The Hall–Kier alpha value is -1.60. The summed E-state index contributed by atoms with van der Waals surface area (Å²) in [6, 6.07) is 3.23. The molecule has 1 unspecified atom stereocenters. The fraction of sp³-hybridized carbons (Fsp3) is 0.429. The Labute approximate surface area is 125 Å². The number of hydrogen-bond donors (Lipinski definition) is 1. The third-order valence-corrected chi connectivity index (χ3v) is 4.48. The molecule has 0 amide bonds. The molecule has 0 saturated carbocycles. The van der Waals surface area contributed by atoms with Crippen molar-refractivity contribution in [1.82, 2.24) is 9.36 Å². The van der Waals surface area contributed by atoms with E-state index in [1.807, 2.05) is 18.7 Å². The molecule has 1 fully saturated rings. The number of β-amino-alcohol motifs (C(OH)–C–C–N with tert-alkyl or cyclic N) is 1. The van der Waals surface area contributed by atoms with Crippen molar-refractivity contribution < 1.29 is 13.9 Å². The molecule has 0 radical (unpaired) electrons. The van der Waals surface area contributed by atoms with Crippen molar-refractivity contribution in [3.05, 3.63) is 29.8 Å². The highest BCUT2D eigenvalue weighted by Gasteiger charge is 2.39. The molecule has 1 saturated heterocycles. The smallest absolute Gasteiger partial charge is 0.205 e. The fourth-order valence-corrected chi connectivity index (χ4v) is 3.10. The van der Waals surface area contributed by atoms with Crippen molar-refractivity contribution in [2.75, 3.05) is 18.0 Å². The van der Waals surface area contributed by atoms with Crippen molar-refractivity contribution in [3.8, 4) is 11.4 Å². The number of aromatic nitrogens is 2. The highest BCUT2D eigenvalue weighted by molar-refractivity contribution is 7.09. The van der Waals surface area contributed by atoms with Crippen LogP contribution < -0.4 is 4.90 Å². The van der Waals surface area contributed by atoms with Crippen molar-refractivity contribution in [3.63, 3.8) is 0 Å². The van der Waals surface area contributed by atoms with Crippen LogP contribution in [0.5, 0.6) is 0 Å². The van der Waals surface area contributed by atoms with E-state index in [0.717, 1.165) is 17.6 Å². The highest BCUT2D eigenvalue weighted by atomic mass is 32.1. The molecule has 2 aromatic rings. The molecule has 1 N–H and O–H groups in total. The molecule has 1 aromatic heterocycles. The van der Waals surface area contributed by atoms with Crippen LogP contribution in [0.3, 0.4) is 0 Å². The topological polar surface area (TPSA) is 49.2 Å². The number of halogens is 2. The summed E-state index contributed by atoms with van der Waals surface area (Å²) in [6.07, 6.45) is -0.434. The summed E-state index contributed by atoms with van der Waals surface area (Å²) in [6.45, 7) is 5.13. The molecular weight excluding hydrogens is 296 g/mol. The lowest BCUT2D eigenvalue weighted by molar-refractivity contribution is 0.0964. The van der Waals surface area contributed by atoms with Gasteiger partial charge in [-0.3, -0.25) is 0 Å². The van der Waals surface area contributed by atoms with Crippen molar-refractivity contribution >= 4 is 16.7 Å². The summed E-state index contributed by atoms with van der Waals surface area (Å²) in [4.78, 5) is 6.28. The van der Waals surface area contributed by atoms with Gasteiger partial charge in [0, 0.05) is 41.7 Å². The maximum Gasteiger partial charge on any atom is 0.205 e. The van der Waals surface area contributed by atoms with E-state index in [9.17, 15) is 13.9 Å². The van der Waals surface area contributed by atoms with Gasteiger partial charge in [0.25, 0.3) is 0 Å². The number of rotatable bonds is 2. The van der Waals surface area contributed by atoms with E-state index in [0.29, 0.717) is 29.6 Å². The van der Waals surface area contributed by atoms with Crippen LogP contribution in [0, 0.1) is 17.0 Å². The lowest BCUT2D eigenvalue weighted by Gasteiger charge is -2.20. The molecule has 112 valence electrons. The number of aliphatic hydroxyl groups is 1. The number of anilines is 1. The third kappa shape index (κ3) is 2.75. The Bertz CT molecular complexity index is 654. The van der Waals surface area contributed by atoms with Gasteiger partial charge in [-0.15, -0.1) is 0 Å². The van der Waals surface area contributed by atoms with Crippen LogP contribution in [0.4, 0.5) is 13.9 Å². The highest BCUT2D eigenvalue weighted by Crippen LogP contribution is 2.34. The lowest BCUT2D eigenvalue weighted by atomic mass is 9.90. The summed E-state index contributed by atoms with van der Waals surface area (Å²) >= 11 is 1.16. The van der Waals surface area contributed by atoms with Crippen LogP contribution in [-0.4, -0.2) is 33.7 Å². The molecule has 0 aliphatic carbocycles. The molecule has 1 atom stereocenters. The van der Waals surface area contributed by atoms with Gasteiger partial charge in [-0.2, -0.15) is 9.36 Å². The first-order valence-corrected chi connectivity index (χ1v) is 7.36. The molecule has 1 aliphatic heterocycles.